The van der Waals surface area contributed by atoms with Gasteiger partial charge in [0.05, 0.1) is 12.6 Å². The highest BCUT2D eigenvalue weighted by Crippen LogP contribution is 1.92. The molecule has 0 fully saturated rings. The third kappa shape index (κ3) is 5.53. The average molecular weight is 202 g/mol. The fourth-order valence-electron chi connectivity index (χ4n) is 0.944. The first-order valence-corrected chi connectivity index (χ1v) is 4.80. The van der Waals surface area contributed by atoms with Gasteiger partial charge in [-0.05, 0) is 13.3 Å². The van der Waals surface area contributed by atoms with Gasteiger partial charge in [-0.25, -0.2) is 0 Å². The van der Waals surface area contributed by atoms with Crippen LogP contribution in [0.5, 0.6) is 0 Å². The van der Waals surface area contributed by atoms with Gasteiger partial charge >= 0.3 is 5.97 Å². The Morgan fingerprint density at radius 3 is 2.57 bits per heavy atom. The van der Waals surface area contributed by atoms with E-state index < -0.39 is 12.0 Å². The topological polar surface area (TPSA) is 81.4 Å². The van der Waals surface area contributed by atoms with Crippen molar-refractivity contribution in [2.45, 2.75) is 32.7 Å². The van der Waals surface area contributed by atoms with Crippen molar-refractivity contribution in [2.75, 3.05) is 13.2 Å². The Labute approximate surface area is 84.0 Å². The number of esters is 1. The number of amides is 1. The molecule has 0 aromatic heterocycles. The zero-order chi connectivity index (χ0) is 11.0. The van der Waals surface area contributed by atoms with E-state index in [9.17, 15) is 9.59 Å². The normalized spacial score (nSPS) is 11.9. The molecule has 1 amide bonds. The number of nitrogens with one attached hydrogen (secondary N) is 1. The third-order valence-electron chi connectivity index (χ3n) is 1.65. The van der Waals surface area contributed by atoms with Gasteiger partial charge in [0.15, 0.2) is 0 Å². The quantitative estimate of drug-likeness (QED) is 0.584. The van der Waals surface area contributed by atoms with Crippen LogP contribution < -0.4 is 11.1 Å². The van der Waals surface area contributed by atoms with Crippen molar-refractivity contribution in [3.05, 3.63) is 0 Å². The van der Waals surface area contributed by atoms with Gasteiger partial charge < -0.3 is 15.8 Å². The molecule has 0 aromatic carbocycles. The first-order valence-electron chi connectivity index (χ1n) is 4.80. The maximum absolute atomic E-state index is 11.2. The zero-order valence-electron chi connectivity index (χ0n) is 8.71. The molecule has 0 saturated heterocycles. The minimum absolute atomic E-state index is 0.107. The summed E-state index contributed by atoms with van der Waals surface area (Å²) in [5.41, 5.74) is 5.52. The summed E-state index contributed by atoms with van der Waals surface area (Å²) in [7, 11) is 0. The van der Waals surface area contributed by atoms with Gasteiger partial charge in [-0.3, -0.25) is 9.59 Å². The largest absolute Gasteiger partial charge is 0.465 e. The van der Waals surface area contributed by atoms with Crippen molar-refractivity contribution in [1.29, 1.82) is 0 Å². The van der Waals surface area contributed by atoms with E-state index in [-0.39, 0.29) is 12.5 Å². The van der Waals surface area contributed by atoms with Gasteiger partial charge in [-0.2, -0.15) is 0 Å². The molecule has 0 bridgehead atoms. The van der Waals surface area contributed by atoms with Gasteiger partial charge in [0.25, 0.3) is 0 Å². The smallest absolute Gasteiger partial charge is 0.325 e. The zero-order valence-corrected chi connectivity index (χ0v) is 8.71. The van der Waals surface area contributed by atoms with Crippen molar-refractivity contribution < 1.29 is 14.3 Å². The second kappa shape index (κ2) is 7.32. The molecule has 0 saturated carbocycles. The van der Waals surface area contributed by atoms with Crippen LogP contribution in [0.2, 0.25) is 0 Å². The van der Waals surface area contributed by atoms with Crippen molar-refractivity contribution in [3.8, 4) is 0 Å². The van der Waals surface area contributed by atoms with E-state index >= 15 is 0 Å². The monoisotopic (exact) mass is 202 g/mol. The molecule has 0 aliphatic heterocycles. The van der Waals surface area contributed by atoms with Crippen LogP contribution >= 0.6 is 0 Å². The van der Waals surface area contributed by atoms with Crippen LogP contribution in [-0.4, -0.2) is 31.1 Å². The number of hydrogen-bond donors (Lipinski definition) is 2. The molecular weight excluding hydrogens is 184 g/mol. The highest BCUT2D eigenvalue weighted by molar-refractivity contribution is 5.85. The van der Waals surface area contributed by atoms with E-state index in [1.54, 1.807) is 6.92 Å². The molecule has 82 valence electrons. The SMILES string of the molecule is CCCC(N)C(=O)NCC(=O)OCC. The summed E-state index contributed by atoms with van der Waals surface area (Å²) < 4.78 is 4.64. The van der Waals surface area contributed by atoms with Gasteiger partial charge in [-0.1, -0.05) is 13.3 Å². The molecule has 0 aromatic rings. The van der Waals surface area contributed by atoms with Gasteiger partial charge in [-0.15, -0.1) is 0 Å². The maximum Gasteiger partial charge on any atom is 0.325 e. The summed E-state index contributed by atoms with van der Waals surface area (Å²) in [5.74, 6) is -0.746. The number of carbonyl (C=O) groups is 2. The minimum Gasteiger partial charge on any atom is -0.465 e. The summed E-state index contributed by atoms with van der Waals surface area (Å²) in [5, 5.41) is 2.41. The van der Waals surface area contributed by atoms with Crippen LogP contribution in [0.4, 0.5) is 0 Å². The van der Waals surface area contributed by atoms with Crippen LogP contribution in [0.25, 0.3) is 0 Å². The van der Waals surface area contributed by atoms with E-state index in [4.69, 9.17) is 5.73 Å². The van der Waals surface area contributed by atoms with Crippen molar-refractivity contribution in [1.82, 2.24) is 5.32 Å². The van der Waals surface area contributed by atoms with Crippen LogP contribution in [0.3, 0.4) is 0 Å². The highest BCUT2D eigenvalue weighted by atomic mass is 16.5. The van der Waals surface area contributed by atoms with E-state index in [2.05, 4.69) is 10.1 Å². The van der Waals surface area contributed by atoms with Crippen molar-refractivity contribution in [3.63, 3.8) is 0 Å². The first-order chi connectivity index (χ1) is 6.61. The Hall–Kier alpha value is -1.10. The number of ether oxygens (including phenoxy) is 1. The third-order valence-corrected chi connectivity index (χ3v) is 1.65. The number of rotatable bonds is 6. The summed E-state index contributed by atoms with van der Waals surface area (Å²) >= 11 is 0. The molecule has 5 heteroatoms. The molecule has 3 N–H and O–H groups in total. The minimum atomic E-state index is -0.533. The molecule has 0 aliphatic carbocycles. The average Bonchev–Trinajstić information content (AvgIpc) is 2.15. The van der Waals surface area contributed by atoms with Crippen LogP contribution in [0.1, 0.15) is 26.7 Å². The van der Waals surface area contributed by atoms with Gasteiger partial charge in [0, 0.05) is 0 Å². The maximum atomic E-state index is 11.2. The summed E-state index contributed by atoms with van der Waals surface area (Å²) in [6.07, 6.45) is 1.46. The van der Waals surface area contributed by atoms with Crippen molar-refractivity contribution in [2.24, 2.45) is 5.73 Å². The van der Waals surface area contributed by atoms with E-state index in [0.717, 1.165) is 6.42 Å². The molecule has 0 radical (unpaired) electrons. The lowest BCUT2D eigenvalue weighted by Crippen LogP contribution is -2.42. The second-order valence-corrected chi connectivity index (χ2v) is 2.92. The fraction of sp³-hybridized carbons (Fsp3) is 0.778. The Morgan fingerprint density at radius 1 is 1.43 bits per heavy atom. The van der Waals surface area contributed by atoms with Crippen molar-refractivity contribution >= 4 is 11.9 Å². The van der Waals surface area contributed by atoms with Gasteiger partial charge in [0.1, 0.15) is 6.54 Å². The molecule has 0 heterocycles. The van der Waals surface area contributed by atoms with Crippen LogP contribution in [-0.2, 0) is 14.3 Å². The molecule has 14 heavy (non-hydrogen) atoms. The Bertz CT molecular complexity index is 194. The molecule has 0 aliphatic rings. The Balaban J connectivity index is 3.67. The summed E-state index contributed by atoms with van der Waals surface area (Å²) in [4.78, 5) is 22.0. The van der Waals surface area contributed by atoms with Gasteiger partial charge in [0.2, 0.25) is 5.91 Å². The standard InChI is InChI=1S/C9H18N2O3/c1-3-5-7(10)9(13)11-6-8(12)14-4-2/h7H,3-6,10H2,1-2H3,(H,11,13). The molecular formula is C9H18N2O3. The number of nitrogens with two attached hydrogens (primary N) is 1. The molecule has 5 nitrogen and oxygen atoms in total. The Morgan fingerprint density at radius 2 is 2.07 bits per heavy atom. The van der Waals surface area contributed by atoms with E-state index in [1.807, 2.05) is 6.92 Å². The number of hydrogen-bond acceptors (Lipinski definition) is 4. The van der Waals surface area contributed by atoms with E-state index in [1.165, 1.54) is 0 Å². The number of carbonyl (C=O) groups excluding carboxylic acids is 2. The predicted molar refractivity (Wildman–Crippen MR) is 52.5 cm³/mol. The first kappa shape index (κ1) is 12.9. The molecule has 0 rings (SSSR count). The molecule has 1 unspecified atom stereocenters. The van der Waals surface area contributed by atoms with Crippen LogP contribution in [0.15, 0.2) is 0 Å². The molecule has 0 spiro atoms. The lowest BCUT2D eigenvalue weighted by Gasteiger charge is -2.10. The predicted octanol–water partition coefficient (Wildman–Crippen LogP) is -0.207. The Kier molecular flexibility index (Phi) is 6.74. The lowest BCUT2D eigenvalue weighted by molar-refractivity contribution is -0.143. The van der Waals surface area contributed by atoms with E-state index in [0.29, 0.717) is 13.0 Å². The summed E-state index contributed by atoms with van der Waals surface area (Å²) in [6, 6.07) is -0.533. The lowest BCUT2D eigenvalue weighted by atomic mass is 10.2. The highest BCUT2D eigenvalue weighted by Gasteiger charge is 2.13. The second-order valence-electron chi connectivity index (χ2n) is 2.92. The fourth-order valence-corrected chi connectivity index (χ4v) is 0.944. The summed E-state index contributed by atoms with van der Waals surface area (Å²) in [6.45, 7) is 3.86. The van der Waals surface area contributed by atoms with Crippen LogP contribution in [0, 0.1) is 0 Å². The molecule has 1 atom stereocenters.